The third-order valence-electron chi connectivity index (χ3n) is 3.84. The Labute approximate surface area is 152 Å². The van der Waals surface area contributed by atoms with E-state index in [2.05, 4.69) is 20.4 Å². The van der Waals surface area contributed by atoms with Crippen molar-refractivity contribution in [3.63, 3.8) is 0 Å². The number of hydrogen-bond donors (Lipinski definition) is 1. The van der Waals surface area contributed by atoms with Gasteiger partial charge in [-0.1, -0.05) is 6.07 Å². The standard InChI is InChI=1S/C19H21N5O2/c1-14(25)21-11-9-19-22-18(12-15-4-3-10-20-13-15)23-24(19)16-5-7-17(26-2)8-6-16/h3-8,10,13H,9,11-12H2,1-2H3,(H,21,25). The fraction of sp³-hybridized carbons (Fsp3) is 0.263. The van der Waals surface area contributed by atoms with Gasteiger partial charge in [-0.2, -0.15) is 5.10 Å². The molecule has 0 atom stereocenters. The van der Waals surface area contributed by atoms with E-state index in [-0.39, 0.29) is 5.91 Å². The third kappa shape index (κ3) is 4.44. The molecule has 0 aliphatic carbocycles. The van der Waals surface area contributed by atoms with E-state index in [9.17, 15) is 4.79 Å². The van der Waals surface area contributed by atoms with Gasteiger partial charge in [0, 0.05) is 38.7 Å². The predicted octanol–water partition coefficient (Wildman–Crippen LogP) is 1.94. The predicted molar refractivity (Wildman–Crippen MR) is 97.3 cm³/mol. The molecule has 0 unspecified atom stereocenters. The van der Waals surface area contributed by atoms with Gasteiger partial charge in [0.25, 0.3) is 0 Å². The summed E-state index contributed by atoms with van der Waals surface area (Å²) >= 11 is 0. The first kappa shape index (κ1) is 17.6. The molecule has 7 heteroatoms. The van der Waals surface area contributed by atoms with Crippen LogP contribution < -0.4 is 10.1 Å². The molecule has 26 heavy (non-hydrogen) atoms. The van der Waals surface area contributed by atoms with Crippen molar-refractivity contribution in [1.29, 1.82) is 0 Å². The number of carbonyl (C=O) groups excluding carboxylic acids is 1. The van der Waals surface area contributed by atoms with E-state index in [0.717, 1.165) is 22.8 Å². The van der Waals surface area contributed by atoms with Gasteiger partial charge >= 0.3 is 0 Å². The monoisotopic (exact) mass is 351 g/mol. The third-order valence-corrected chi connectivity index (χ3v) is 3.84. The summed E-state index contributed by atoms with van der Waals surface area (Å²) < 4.78 is 7.02. The highest BCUT2D eigenvalue weighted by molar-refractivity contribution is 5.72. The van der Waals surface area contributed by atoms with E-state index in [0.29, 0.717) is 25.2 Å². The Bertz CT molecular complexity index is 859. The molecule has 0 saturated heterocycles. The Morgan fingerprint density at radius 1 is 1.23 bits per heavy atom. The first-order valence-corrected chi connectivity index (χ1v) is 8.38. The van der Waals surface area contributed by atoms with E-state index < -0.39 is 0 Å². The van der Waals surface area contributed by atoms with Gasteiger partial charge in [0.05, 0.1) is 12.8 Å². The first-order chi connectivity index (χ1) is 12.7. The van der Waals surface area contributed by atoms with Crippen molar-refractivity contribution in [2.45, 2.75) is 19.8 Å². The largest absolute Gasteiger partial charge is 0.497 e. The van der Waals surface area contributed by atoms with Crippen molar-refractivity contribution in [2.75, 3.05) is 13.7 Å². The Morgan fingerprint density at radius 2 is 2.04 bits per heavy atom. The number of rotatable bonds is 7. The van der Waals surface area contributed by atoms with Crippen LogP contribution in [0.4, 0.5) is 0 Å². The maximum atomic E-state index is 11.1. The number of methoxy groups -OCH3 is 1. The highest BCUT2D eigenvalue weighted by atomic mass is 16.5. The summed E-state index contributed by atoms with van der Waals surface area (Å²) in [7, 11) is 1.63. The van der Waals surface area contributed by atoms with Crippen LogP contribution >= 0.6 is 0 Å². The van der Waals surface area contributed by atoms with Gasteiger partial charge in [0.2, 0.25) is 5.91 Å². The molecule has 1 N–H and O–H groups in total. The second kappa shape index (κ2) is 8.24. The highest BCUT2D eigenvalue weighted by Gasteiger charge is 2.12. The number of carbonyl (C=O) groups is 1. The molecule has 0 bridgehead atoms. The van der Waals surface area contributed by atoms with Gasteiger partial charge in [-0.3, -0.25) is 9.78 Å². The summed E-state index contributed by atoms with van der Waals surface area (Å²) in [6.45, 7) is 2.01. The van der Waals surface area contributed by atoms with Gasteiger partial charge in [-0.25, -0.2) is 9.67 Å². The van der Waals surface area contributed by atoms with Crippen LogP contribution in [0.25, 0.3) is 5.69 Å². The van der Waals surface area contributed by atoms with Crippen molar-refractivity contribution in [3.05, 3.63) is 66.0 Å². The Balaban J connectivity index is 1.87. The van der Waals surface area contributed by atoms with Gasteiger partial charge in [-0.15, -0.1) is 0 Å². The van der Waals surface area contributed by atoms with Crippen molar-refractivity contribution in [1.82, 2.24) is 25.1 Å². The number of nitrogens with one attached hydrogen (secondary N) is 1. The SMILES string of the molecule is COc1ccc(-n2nc(Cc3cccnc3)nc2CCNC(C)=O)cc1. The summed E-state index contributed by atoms with van der Waals surface area (Å²) in [4.78, 5) is 19.9. The first-order valence-electron chi connectivity index (χ1n) is 8.38. The number of aromatic nitrogens is 4. The van der Waals surface area contributed by atoms with Crippen molar-refractivity contribution < 1.29 is 9.53 Å². The zero-order valence-electron chi connectivity index (χ0n) is 14.8. The number of nitrogens with zero attached hydrogens (tertiary/aromatic N) is 4. The maximum Gasteiger partial charge on any atom is 0.216 e. The molecule has 7 nitrogen and oxygen atoms in total. The van der Waals surface area contributed by atoms with Crippen LogP contribution in [0.2, 0.25) is 0 Å². The van der Waals surface area contributed by atoms with Crippen LogP contribution in [0.15, 0.2) is 48.8 Å². The second-order valence-corrected chi connectivity index (χ2v) is 5.83. The van der Waals surface area contributed by atoms with E-state index in [1.807, 2.05) is 47.3 Å². The number of hydrogen-bond acceptors (Lipinski definition) is 5. The number of benzene rings is 1. The molecule has 3 aromatic rings. The zero-order chi connectivity index (χ0) is 18.4. The Kier molecular flexibility index (Phi) is 5.58. The van der Waals surface area contributed by atoms with Crippen LogP contribution in [-0.2, 0) is 17.6 Å². The second-order valence-electron chi connectivity index (χ2n) is 5.83. The normalized spacial score (nSPS) is 10.5. The molecular formula is C19H21N5O2. The summed E-state index contributed by atoms with van der Waals surface area (Å²) in [5.41, 5.74) is 1.95. The number of amides is 1. The van der Waals surface area contributed by atoms with E-state index in [1.54, 1.807) is 13.3 Å². The molecule has 0 spiro atoms. The lowest BCUT2D eigenvalue weighted by atomic mass is 10.2. The Morgan fingerprint density at radius 3 is 2.69 bits per heavy atom. The molecule has 2 heterocycles. The van der Waals surface area contributed by atoms with Gasteiger partial charge in [-0.05, 0) is 35.9 Å². The molecule has 3 rings (SSSR count). The molecule has 0 aliphatic rings. The summed E-state index contributed by atoms with van der Waals surface area (Å²) in [6.07, 6.45) is 4.74. The van der Waals surface area contributed by atoms with Gasteiger partial charge < -0.3 is 10.1 Å². The summed E-state index contributed by atoms with van der Waals surface area (Å²) in [6, 6.07) is 11.5. The Hall–Kier alpha value is -3.22. The van der Waals surface area contributed by atoms with E-state index in [1.165, 1.54) is 6.92 Å². The summed E-state index contributed by atoms with van der Waals surface area (Å²) in [5, 5.41) is 7.45. The fourth-order valence-corrected chi connectivity index (χ4v) is 2.59. The number of ether oxygens (including phenoxy) is 1. The topological polar surface area (TPSA) is 81.9 Å². The average Bonchev–Trinajstić information content (AvgIpc) is 3.05. The van der Waals surface area contributed by atoms with Crippen molar-refractivity contribution >= 4 is 5.91 Å². The van der Waals surface area contributed by atoms with Gasteiger partial charge in [0.15, 0.2) is 5.82 Å². The van der Waals surface area contributed by atoms with E-state index in [4.69, 9.17) is 4.74 Å². The highest BCUT2D eigenvalue weighted by Crippen LogP contribution is 2.17. The van der Waals surface area contributed by atoms with Crippen molar-refractivity contribution in [3.8, 4) is 11.4 Å². The van der Waals surface area contributed by atoms with Crippen LogP contribution in [-0.4, -0.2) is 39.3 Å². The molecular weight excluding hydrogens is 330 g/mol. The molecule has 0 radical (unpaired) electrons. The van der Waals surface area contributed by atoms with Crippen LogP contribution in [0.3, 0.4) is 0 Å². The minimum Gasteiger partial charge on any atom is -0.497 e. The fourth-order valence-electron chi connectivity index (χ4n) is 2.59. The molecule has 0 aliphatic heterocycles. The minimum atomic E-state index is -0.0592. The lowest BCUT2D eigenvalue weighted by molar-refractivity contribution is -0.118. The van der Waals surface area contributed by atoms with Gasteiger partial charge in [0.1, 0.15) is 11.6 Å². The van der Waals surface area contributed by atoms with E-state index >= 15 is 0 Å². The molecule has 134 valence electrons. The average molecular weight is 351 g/mol. The smallest absolute Gasteiger partial charge is 0.216 e. The molecule has 0 saturated carbocycles. The maximum absolute atomic E-state index is 11.1. The molecule has 1 amide bonds. The lowest BCUT2D eigenvalue weighted by Gasteiger charge is -2.07. The summed E-state index contributed by atoms with van der Waals surface area (Å²) in [5.74, 6) is 2.23. The molecule has 1 aromatic carbocycles. The number of pyridine rings is 1. The van der Waals surface area contributed by atoms with Crippen molar-refractivity contribution in [2.24, 2.45) is 0 Å². The van der Waals surface area contributed by atoms with Crippen LogP contribution in [0.1, 0.15) is 24.1 Å². The molecule has 2 aromatic heterocycles. The zero-order valence-corrected chi connectivity index (χ0v) is 14.8. The minimum absolute atomic E-state index is 0.0592. The molecule has 0 fully saturated rings. The van der Waals surface area contributed by atoms with Crippen LogP contribution in [0.5, 0.6) is 5.75 Å². The van der Waals surface area contributed by atoms with Crippen LogP contribution in [0, 0.1) is 0 Å². The quantitative estimate of drug-likeness (QED) is 0.703. The lowest BCUT2D eigenvalue weighted by Crippen LogP contribution is -2.23.